The molecule has 0 amide bonds. The number of fused-ring (bicyclic) bond motifs is 1. The molecule has 0 bridgehead atoms. The molecule has 0 spiro atoms. The molecule has 0 radical (unpaired) electrons. The van der Waals surface area contributed by atoms with Crippen LogP contribution in [0.3, 0.4) is 0 Å². The van der Waals surface area contributed by atoms with E-state index < -0.39 is 5.06 Å². The van der Waals surface area contributed by atoms with E-state index >= 15 is 0 Å². The zero-order valence-electron chi connectivity index (χ0n) is 6.90. The number of halogens is 1. The SMILES string of the molecule is CC1(Cl)OC(=O)C2(C)CC12C. The maximum Gasteiger partial charge on any atom is 0.314 e. The lowest BCUT2D eigenvalue weighted by Crippen LogP contribution is -2.27. The van der Waals surface area contributed by atoms with Gasteiger partial charge in [0.15, 0.2) is 5.06 Å². The molecule has 1 aliphatic heterocycles. The van der Waals surface area contributed by atoms with Crippen LogP contribution >= 0.6 is 11.6 Å². The molecule has 2 aliphatic rings. The summed E-state index contributed by atoms with van der Waals surface area (Å²) in [6.45, 7) is 5.69. The Hall–Kier alpha value is -0.240. The third-order valence-corrected chi connectivity index (χ3v) is 4.01. The molecule has 0 N–H and O–H groups in total. The highest BCUT2D eigenvalue weighted by Crippen LogP contribution is 2.75. The average Bonchev–Trinajstić information content (AvgIpc) is 2.33. The molecule has 0 aromatic heterocycles. The van der Waals surface area contributed by atoms with Crippen LogP contribution in [0.4, 0.5) is 0 Å². The first-order valence-corrected chi connectivity index (χ1v) is 4.14. The fraction of sp³-hybridized carbons (Fsp3) is 0.875. The molecule has 1 aliphatic carbocycles. The van der Waals surface area contributed by atoms with Gasteiger partial charge in [0.05, 0.1) is 5.41 Å². The van der Waals surface area contributed by atoms with E-state index in [9.17, 15) is 4.79 Å². The van der Waals surface area contributed by atoms with Gasteiger partial charge in [-0.3, -0.25) is 4.79 Å². The molecule has 0 aromatic rings. The fourth-order valence-corrected chi connectivity index (χ4v) is 2.36. The predicted octanol–water partition coefficient (Wildman–Crippen LogP) is 1.91. The number of ether oxygens (including phenoxy) is 1. The van der Waals surface area contributed by atoms with E-state index in [0.717, 1.165) is 6.42 Å². The van der Waals surface area contributed by atoms with Crippen LogP contribution in [0.25, 0.3) is 0 Å². The van der Waals surface area contributed by atoms with E-state index in [0.29, 0.717) is 0 Å². The zero-order chi connectivity index (χ0) is 8.49. The van der Waals surface area contributed by atoms with Gasteiger partial charge >= 0.3 is 5.97 Å². The number of hydrogen-bond acceptors (Lipinski definition) is 2. The summed E-state index contributed by atoms with van der Waals surface area (Å²) in [6.07, 6.45) is 0.860. The Morgan fingerprint density at radius 1 is 1.45 bits per heavy atom. The van der Waals surface area contributed by atoms with Crippen molar-refractivity contribution in [1.29, 1.82) is 0 Å². The van der Waals surface area contributed by atoms with Gasteiger partial charge in [0.1, 0.15) is 0 Å². The second-order valence-corrected chi connectivity index (χ2v) is 4.87. The maximum absolute atomic E-state index is 11.3. The molecule has 2 rings (SSSR count). The molecule has 1 heterocycles. The Morgan fingerprint density at radius 3 is 2.09 bits per heavy atom. The molecule has 3 atom stereocenters. The van der Waals surface area contributed by atoms with E-state index in [2.05, 4.69) is 0 Å². The van der Waals surface area contributed by atoms with Gasteiger partial charge in [-0.2, -0.15) is 0 Å². The van der Waals surface area contributed by atoms with Crippen LogP contribution in [0, 0.1) is 10.8 Å². The van der Waals surface area contributed by atoms with E-state index in [1.807, 2.05) is 13.8 Å². The van der Waals surface area contributed by atoms with Gasteiger partial charge in [0.2, 0.25) is 0 Å². The number of rotatable bonds is 0. The highest BCUT2D eigenvalue weighted by atomic mass is 35.5. The van der Waals surface area contributed by atoms with Crippen LogP contribution in [0.2, 0.25) is 0 Å². The van der Waals surface area contributed by atoms with Crippen molar-refractivity contribution in [2.45, 2.75) is 32.3 Å². The highest BCUT2D eigenvalue weighted by molar-refractivity contribution is 6.25. The summed E-state index contributed by atoms with van der Waals surface area (Å²) in [5.41, 5.74) is -0.442. The fourth-order valence-electron chi connectivity index (χ4n) is 2.01. The lowest BCUT2D eigenvalue weighted by Gasteiger charge is -2.22. The van der Waals surface area contributed by atoms with Crippen molar-refractivity contribution in [3.8, 4) is 0 Å². The van der Waals surface area contributed by atoms with Crippen molar-refractivity contribution in [3.05, 3.63) is 0 Å². The number of cyclic esters (lactones) is 1. The van der Waals surface area contributed by atoms with E-state index in [1.54, 1.807) is 6.92 Å². The van der Waals surface area contributed by atoms with Crippen LogP contribution in [-0.2, 0) is 9.53 Å². The Balaban J connectivity index is 2.45. The van der Waals surface area contributed by atoms with E-state index in [1.165, 1.54) is 0 Å². The second kappa shape index (κ2) is 1.45. The second-order valence-electron chi connectivity index (χ2n) is 4.15. The smallest absolute Gasteiger partial charge is 0.314 e. The van der Waals surface area contributed by atoms with Crippen molar-refractivity contribution in [2.24, 2.45) is 10.8 Å². The first-order valence-electron chi connectivity index (χ1n) is 3.76. The highest BCUT2D eigenvalue weighted by Gasteiger charge is 2.80. The first kappa shape index (κ1) is 7.41. The minimum atomic E-state index is -0.779. The van der Waals surface area contributed by atoms with Crippen molar-refractivity contribution >= 4 is 17.6 Å². The molecule has 2 nitrogen and oxygen atoms in total. The minimum absolute atomic E-state index is 0.140. The lowest BCUT2D eigenvalue weighted by molar-refractivity contribution is -0.149. The maximum atomic E-state index is 11.3. The molecule has 1 saturated heterocycles. The Labute approximate surface area is 70.9 Å². The Bertz CT molecular complexity index is 248. The molecule has 11 heavy (non-hydrogen) atoms. The number of alkyl halides is 1. The van der Waals surface area contributed by atoms with Crippen molar-refractivity contribution < 1.29 is 9.53 Å². The molecule has 62 valence electrons. The Morgan fingerprint density at radius 2 is 2.00 bits per heavy atom. The number of carbonyl (C=O) groups excluding carboxylic acids is 1. The first-order chi connectivity index (χ1) is 4.83. The summed E-state index contributed by atoms with van der Waals surface area (Å²) < 4.78 is 5.04. The summed E-state index contributed by atoms with van der Waals surface area (Å²) >= 11 is 6.04. The standard InChI is InChI=1S/C8H11ClO2/c1-6-4-7(6,2)8(3,9)11-5(6)10/h4H2,1-3H3. The van der Waals surface area contributed by atoms with Crippen LogP contribution in [-0.4, -0.2) is 11.0 Å². The quantitative estimate of drug-likeness (QED) is 0.414. The zero-order valence-corrected chi connectivity index (χ0v) is 7.66. The van der Waals surface area contributed by atoms with Crippen LogP contribution < -0.4 is 0 Å². The van der Waals surface area contributed by atoms with Gasteiger partial charge < -0.3 is 4.74 Å². The van der Waals surface area contributed by atoms with Crippen molar-refractivity contribution in [3.63, 3.8) is 0 Å². The van der Waals surface area contributed by atoms with E-state index in [4.69, 9.17) is 16.3 Å². The van der Waals surface area contributed by atoms with Crippen LogP contribution in [0.5, 0.6) is 0 Å². The normalized spacial score (nSPS) is 60.5. The van der Waals surface area contributed by atoms with Crippen LogP contribution in [0.15, 0.2) is 0 Å². The molecule has 2 fully saturated rings. The largest absolute Gasteiger partial charge is 0.442 e. The average molecular weight is 175 g/mol. The number of hydrogen-bond donors (Lipinski definition) is 0. The summed E-state index contributed by atoms with van der Waals surface area (Å²) in [6, 6.07) is 0. The van der Waals surface area contributed by atoms with Gasteiger partial charge in [-0.15, -0.1) is 0 Å². The molecule has 1 saturated carbocycles. The number of carbonyl (C=O) groups is 1. The van der Waals surface area contributed by atoms with Gasteiger partial charge in [-0.1, -0.05) is 18.5 Å². The monoisotopic (exact) mass is 174 g/mol. The predicted molar refractivity (Wildman–Crippen MR) is 41.2 cm³/mol. The number of esters is 1. The summed E-state index contributed by atoms with van der Waals surface area (Å²) in [5, 5.41) is -0.779. The summed E-state index contributed by atoms with van der Waals surface area (Å²) in [4.78, 5) is 11.3. The summed E-state index contributed by atoms with van der Waals surface area (Å²) in [7, 11) is 0. The molecular formula is C8H11ClO2. The Kier molecular flexibility index (Phi) is 0.974. The molecule has 3 heteroatoms. The van der Waals surface area contributed by atoms with Crippen molar-refractivity contribution in [1.82, 2.24) is 0 Å². The van der Waals surface area contributed by atoms with Gasteiger partial charge in [-0.25, -0.2) is 0 Å². The van der Waals surface area contributed by atoms with Crippen LogP contribution in [0.1, 0.15) is 27.2 Å². The van der Waals surface area contributed by atoms with Gasteiger partial charge in [0, 0.05) is 5.41 Å². The topological polar surface area (TPSA) is 26.3 Å². The lowest BCUT2D eigenvalue weighted by atomic mass is 9.94. The van der Waals surface area contributed by atoms with Gasteiger partial charge in [0.25, 0.3) is 0 Å². The van der Waals surface area contributed by atoms with Gasteiger partial charge in [-0.05, 0) is 20.3 Å². The molecule has 3 unspecified atom stereocenters. The van der Waals surface area contributed by atoms with E-state index in [-0.39, 0.29) is 16.8 Å². The summed E-state index contributed by atoms with van der Waals surface area (Å²) in [5.74, 6) is -0.141. The minimum Gasteiger partial charge on any atom is -0.442 e. The third-order valence-electron chi connectivity index (χ3n) is 3.52. The van der Waals surface area contributed by atoms with Crippen molar-refractivity contribution in [2.75, 3.05) is 0 Å². The third kappa shape index (κ3) is 0.548. The molecule has 0 aromatic carbocycles. The molecular weight excluding hydrogens is 164 g/mol.